The van der Waals surface area contributed by atoms with Crippen molar-refractivity contribution in [2.24, 2.45) is 4.99 Å². The van der Waals surface area contributed by atoms with Crippen LogP contribution in [-0.4, -0.2) is 16.3 Å². The number of aliphatic imine (C=N–C) groups is 1. The zero-order valence-electron chi connectivity index (χ0n) is 14.3. The highest BCUT2D eigenvalue weighted by molar-refractivity contribution is 9.10. The molecule has 146 valence electrons. The van der Waals surface area contributed by atoms with E-state index in [0.717, 1.165) is 22.3 Å². The zero-order chi connectivity index (χ0) is 20.3. The summed E-state index contributed by atoms with van der Waals surface area (Å²) in [4.78, 5) is 7.10. The number of hydrogen-bond donors (Lipinski definition) is 1. The molecular formula is C17H13BrF3N5O2. The number of hydrogen-bond acceptors (Lipinski definition) is 5. The van der Waals surface area contributed by atoms with Crippen LogP contribution in [0, 0.1) is 0 Å². The third-order valence-electron chi connectivity index (χ3n) is 3.75. The summed E-state index contributed by atoms with van der Waals surface area (Å²) < 4.78 is 45.5. The van der Waals surface area contributed by atoms with E-state index in [2.05, 4.69) is 36.5 Å². The third kappa shape index (κ3) is 4.85. The van der Waals surface area contributed by atoms with Crippen molar-refractivity contribution in [3.8, 4) is 0 Å². The quantitative estimate of drug-likeness (QED) is 0.370. The molecule has 1 N–H and O–H groups in total. The topological polar surface area (TPSA) is 90.2 Å². The van der Waals surface area contributed by atoms with Crippen LogP contribution >= 0.6 is 15.9 Å². The van der Waals surface area contributed by atoms with E-state index in [-0.39, 0.29) is 17.6 Å². The standard InChI is InChI=1S/C17H13BrF3N5O2/c1-10(11-2-4-13(18)5-3-11)26-9-15(28-25-26)24-16(27)23-14-6-12(7-22-8-14)17(19,20)21/h2-10H,1H3,(H-,23,24,25,27)/t10-/m0/s1. The van der Waals surface area contributed by atoms with Crippen LogP contribution in [0.5, 0.6) is 0 Å². The first-order chi connectivity index (χ1) is 13.2. The Balaban J connectivity index is 1.73. The lowest BCUT2D eigenvalue weighted by Gasteiger charge is -2.13. The molecule has 0 unspecified atom stereocenters. The Morgan fingerprint density at radius 2 is 2.00 bits per heavy atom. The van der Waals surface area contributed by atoms with E-state index in [1.54, 1.807) is 0 Å². The predicted octanol–water partition coefficient (Wildman–Crippen LogP) is 3.21. The summed E-state index contributed by atoms with van der Waals surface area (Å²) in [6, 6.07) is 7.23. The predicted molar refractivity (Wildman–Crippen MR) is 94.6 cm³/mol. The third-order valence-corrected chi connectivity index (χ3v) is 4.28. The molecule has 3 rings (SSSR count). The summed E-state index contributed by atoms with van der Waals surface area (Å²) in [5.74, 6) is -0.0959. The molecule has 0 fully saturated rings. The van der Waals surface area contributed by atoms with Gasteiger partial charge in [-0.3, -0.25) is 9.51 Å². The average molecular weight is 456 g/mol. The first kappa shape index (κ1) is 19.8. The highest BCUT2D eigenvalue weighted by Crippen LogP contribution is 2.29. The molecule has 11 heteroatoms. The molecule has 7 nitrogen and oxygen atoms in total. The molecule has 0 bridgehead atoms. The van der Waals surface area contributed by atoms with E-state index in [9.17, 15) is 18.3 Å². The number of pyridine rings is 1. The van der Waals surface area contributed by atoms with E-state index < -0.39 is 17.8 Å². The van der Waals surface area contributed by atoms with Crippen LogP contribution in [0.3, 0.4) is 0 Å². The van der Waals surface area contributed by atoms with Crippen LogP contribution in [0.4, 0.5) is 24.7 Å². The average Bonchev–Trinajstić information content (AvgIpc) is 3.09. The van der Waals surface area contributed by atoms with E-state index in [0.29, 0.717) is 6.20 Å². The van der Waals surface area contributed by atoms with Gasteiger partial charge in [-0.25, -0.2) is 4.99 Å². The molecule has 0 radical (unpaired) electrons. The molecule has 0 saturated carbocycles. The maximum absolute atomic E-state index is 12.7. The van der Waals surface area contributed by atoms with E-state index in [4.69, 9.17) is 4.52 Å². The number of rotatable bonds is 4. The van der Waals surface area contributed by atoms with Crippen LogP contribution in [0.25, 0.3) is 0 Å². The van der Waals surface area contributed by atoms with E-state index in [1.807, 2.05) is 31.2 Å². The van der Waals surface area contributed by atoms with Crippen LogP contribution in [-0.2, 0) is 6.18 Å². The fourth-order valence-corrected chi connectivity index (χ4v) is 2.55. The minimum Gasteiger partial charge on any atom is -0.846 e. The van der Waals surface area contributed by atoms with Crippen molar-refractivity contribution < 1.29 is 27.5 Å². The number of amidine groups is 1. The largest absolute Gasteiger partial charge is 0.846 e. The maximum Gasteiger partial charge on any atom is 0.417 e. The van der Waals surface area contributed by atoms with Crippen LogP contribution in [0.2, 0.25) is 0 Å². The van der Waals surface area contributed by atoms with Gasteiger partial charge in [-0.15, -0.1) is 0 Å². The van der Waals surface area contributed by atoms with Crippen molar-refractivity contribution in [3.05, 3.63) is 64.5 Å². The lowest BCUT2D eigenvalue weighted by molar-refractivity contribution is -0.774. The second-order valence-corrected chi connectivity index (χ2v) is 6.67. The highest BCUT2D eigenvalue weighted by atomic mass is 79.9. The Morgan fingerprint density at radius 1 is 1.29 bits per heavy atom. The molecule has 0 aliphatic carbocycles. The van der Waals surface area contributed by atoms with Crippen molar-refractivity contribution >= 4 is 33.5 Å². The second kappa shape index (κ2) is 7.97. The molecule has 1 aromatic carbocycles. The molecule has 2 heterocycles. The van der Waals surface area contributed by atoms with Gasteiger partial charge in [0.2, 0.25) is 11.3 Å². The van der Waals surface area contributed by atoms with Gasteiger partial charge in [0.15, 0.2) is 0 Å². The molecule has 2 aromatic heterocycles. The lowest BCUT2D eigenvalue weighted by Crippen LogP contribution is -2.39. The van der Waals surface area contributed by atoms with Crippen LogP contribution in [0.1, 0.15) is 24.1 Å². The normalized spacial score (nSPS) is 13.4. The summed E-state index contributed by atoms with van der Waals surface area (Å²) >= 11 is 3.36. The summed E-state index contributed by atoms with van der Waals surface area (Å²) in [6.07, 6.45) is -1.41. The maximum atomic E-state index is 12.7. The smallest absolute Gasteiger partial charge is 0.417 e. The first-order valence-corrected chi connectivity index (χ1v) is 8.70. The Kier molecular flexibility index (Phi) is 5.63. The molecule has 0 aliphatic heterocycles. The van der Waals surface area contributed by atoms with Crippen LogP contribution in [0.15, 0.2) is 62.9 Å². The van der Waals surface area contributed by atoms with Gasteiger partial charge in [-0.05, 0) is 22.9 Å². The van der Waals surface area contributed by atoms with Crippen LogP contribution < -0.4 is 15.1 Å². The number of nitrogens with one attached hydrogen (secondary N) is 1. The Bertz CT molecular complexity index is 989. The van der Waals surface area contributed by atoms with Gasteiger partial charge >= 0.3 is 12.1 Å². The molecule has 28 heavy (non-hydrogen) atoms. The van der Waals surface area contributed by atoms with Gasteiger partial charge < -0.3 is 10.4 Å². The van der Waals surface area contributed by atoms with Gasteiger partial charge in [0.1, 0.15) is 0 Å². The molecule has 0 amide bonds. The summed E-state index contributed by atoms with van der Waals surface area (Å²) in [7, 11) is 0. The van der Waals surface area contributed by atoms with Gasteiger partial charge in [0.25, 0.3) is 6.20 Å². The van der Waals surface area contributed by atoms with Crippen molar-refractivity contribution in [2.45, 2.75) is 19.1 Å². The minimum absolute atomic E-state index is 0.0959. The molecular weight excluding hydrogens is 443 g/mol. The summed E-state index contributed by atoms with van der Waals surface area (Å²) in [5, 5.41) is 18.0. The SMILES string of the molecule is C[C@@H](c1ccc(Br)cc1)[n+]1cc(N=C([O-])Nc2cncc(C(F)(F)F)c2)on1. The van der Waals surface area contributed by atoms with E-state index >= 15 is 0 Å². The fraction of sp³-hybridized carbons (Fsp3) is 0.176. The Labute approximate surface area is 165 Å². The number of alkyl halides is 3. The van der Waals surface area contributed by atoms with Gasteiger partial charge in [0.05, 0.1) is 23.5 Å². The Morgan fingerprint density at radius 3 is 2.68 bits per heavy atom. The van der Waals surface area contributed by atoms with Gasteiger partial charge in [-0.1, -0.05) is 28.1 Å². The number of benzene rings is 1. The zero-order valence-corrected chi connectivity index (χ0v) is 15.9. The van der Waals surface area contributed by atoms with Gasteiger partial charge in [-0.2, -0.15) is 13.2 Å². The summed E-state index contributed by atoms with van der Waals surface area (Å²) in [5.41, 5.74) is -0.169. The molecule has 0 saturated heterocycles. The molecule has 0 aliphatic rings. The Hall–Kier alpha value is -2.95. The highest BCUT2D eigenvalue weighted by Gasteiger charge is 2.31. The number of anilines is 1. The second-order valence-electron chi connectivity index (χ2n) is 5.75. The van der Waals surface area contributed by atoms with Crippen molar-refractivity contribution in [1.82, 2.24) is 10.3 Å². The molecule has 0 spiro atoms. The first-order valence-electron chi connectivity index (χ1n) is 7.91. The fourth-order valence-electron chi connectivity index (χ4n) is 2.29. The van der Waals surface area contributed by atoms with Crippen molar-refractivity contribution in [1.29, 1.82) is 0 Å². The minimum atomic E-state index is -4.56. The monoisotopic (exact) mass is 455 g/mol. The number of nitrogens with zero attached hydrogens (tertiary/aromatic N) is 4. The van der Waals surface area contributed by atoms with Crippen molar-refractivity contribution in [3.63, 3.8) is 0 Å². The lowest BCUT2D eigenvalue weighted by atomic mass is 10.1. The van der Waals surface area contributed by atoms with Crippen molar-refractivity contribution in [2.75, 3.05) is 5.32 Å². The summed E-state index contributed by atoms with van der Waals surface area (Å²) in [6.45, 7) is 1.88. The van der Waals surface area contributed by atoms with E-state index in [1.165, 1.54) is 10.9 Å². The molecule has 3 aromatic rings. The molecule has 1 atom stereocenters. The number of halogens is 4. The van der Waals surface area contributed by atoms with Gasteiger partial charge in [0, 0.05) is 23.2 Å². The number of aromatic nitrogens is 3.